The highest BCUT2D eigenvalue weighted by Gasteiger charge is 2.10. The fourth-order valence-electron chi connectivity index (χ4n) is 1.39. The average molecular weight is 178 g/mol. The molecule has 2 heterocycles. The summed E-state index contributed by atoms with van der Waals surface area (Å²) in [4.78, 5) is 14.2. The first kappa shape index (κ1) is 8.04. The smallest absolute Gasteiger partial charge is 0.212 e. The first-order valence-electron chi connectivity index (χ1n) is 4.22. The highest BCUT2D eigenvalue weighted by molar-refractivity contribution is 5.69. The summed E-state index contributed by atoms with van der Waals surface area (Å²) in [6.45, 7) is 0.759. The van der Waals surface area contributed by atoms with Crippen LogP contribution in [0.15, 0.2) is 12.3 Å². The van der Waals surface area contributed by atoms with Crippen LogP contribution in [0.25, 0.3) is 0 Å². The normalized spacial score (nSPS) is 14.2. The predicted octanol–water partition coefficient (Wildman–Crippen LogP) is 0.975. The molecule has 1 aromatic rings. The van der Waals surface area contributed by atoms with Gasteiger partial charge in [-0.25, -0.2) is 4.98 Å². The van der Waals surface area contributed by atoms with Crippen molar-refractivity contribution in [1.82, 2.24) is 4.98 Å². The number of aryl methyl sites for hydroxylation is 1. The van der Waals surface area contributed by atoms with E-state index in [1.165, 1.54) is 0 Å². The van der Waals surface area contributed by atoms with Crippen molar-refractivity contribution in [2.75, 3.05) is 11.9 Å². The van der Waals surface area contributed by atoms with Crippen LogP contribution in [0.4, 0.5) is 5.82 Å². The number of carbonyl (C=O) groups excluding carboxylic acids is 1. The number of hydrogen-bond donors (Lipinski definition) is 1. The van der Waals surface area contributed by atoms with Crippen molar-refractivity contribution in [3.63, 3.8) is 0 Å². The fourth-order valence-corrected chi connectivity index (χ4v) is 1.39. The standard InChI is InChI=1S/C9H10N2O2/c12-6-11-9-4-7-2-1-3-13-8(7)5-10-9/h4-6H,1-3H2,(H,10,11,12). The molecule has 4 heteroatoms. The van der Waals surface area contributed by atoms with E-state index in [-0.39, 0.29) is 0 Å². The van der Waals surface area contributed by atoms with Gasteiger partial charge in [-0.3, -0.25) is 4.79 Å². The summed E-state index contributed by atoms with van der Waals surface area (Å²) in [5.74, 6) is 1.42. The van der Waals surface area contributed by atoms with E-state index in [1.54, 1.807) is 6.20 Å². The zero-order valence-electron chi connectivity index (χ0n) is 7.12. The molecule has 0 aliphatic carbocycles. The minimum atomic E-state index is 0.583. The lowest BCUT2D eigenvalue weighted by Crippen LogP contribution is -2.09. The van der Waals surface area contributed by atoms with Gasteiger partial charge in [0.1, 0.15) is 11.6 Å². The number of amides is 1. The molecular formula is C9H10N2O2. The van der Waals surface area contributed by atoms with E-state index in [1.807, 2.05) is 6.07 Å². The van der Waals surface area contributed by atoms with E-state index in [4.69, 9.17) is 4.74 Å². The lowest BCUT2D eigenvalue weighted by Gasteiger charge is -2.16. The molecule has 0 saturated heterocycles. The van der Waals surface area contributed by atoms with Crippen molar-refractivity contribution >= 4 is 12.2 Å². The fraction of sp³-hybridized carbons (Fsp3) is 0.333. The van der Waals surface area contributed by atoms with Gasteiger partial charge in [-0.05, 0) is 24.5 Å². The Hall–Kier alpha value is -1.58. The number of carbonyl (C=O) groups is 1. The summed E-state index contributed by atoms with van der Waals surface area (Å²) in [5, 5.41) is 2.51. The third-order valence-electron chi connectivity index (χ3n) is 2.00. The van der Waals surface area contributed by atoms with Crippen LogP contribution in [-0.2, 0) is 11.2 Å². The Labute approximate surface area is 75.9 Å². The molecule has 1 amide bonds. The molecule has 0 radical (unpaired) electrons. The minimum absolute atomic E-state index is 0.583. The van der Waals surface area contributed by atoms with Crippen molar-refractivity contribution in [2.45, 2.75) is 12.8 Å². The van der Waals surface area contributed by atoms with Crippen molar-refractivity contribution in [3.8, 4) is 5.75 Å². The Morgan fingerprint density at radius 2 is 2.54 bits per heavy atom. The summed E-state index contributed by atoms with van der Waals surface area (Å²) >= 11 is 0. The molecule has 13 heavy (non-hydrogen) atoms. The molecule has 0 saturated carbocycles. The van der Waals surface area contributed by atoms with Gasteiger partial charge < -0.3 is 10.1 Å². The first-order valence-corrected chi connectivity index (χ1v) is 4.22. The molecule has 68 valence electrons. The van der Waals surface area contributed by atoms with Crippen LogP contribution in [0.1, 0.15) is 12.0 Å². The number of pyridine rings is 1. The number of hydrogen-bond acceptors (Lipinski definition) is 3. The summed E-state index contributed by atoms with van der Waals surface area (Å²) < 4.78 is 5.38. The lowest BCUT2D eigenvalue weighted by atomic mass is 10.1. The van der Waals surface area contributed by atoms with Crippen molar-refractivity contribution < 1.29 is 9.53 Å². The topological polar surface area (TPSA) is 51.2 Å². The number of ether oxygens (including phenoxy) is 1. The number of rotatable bonds is 2. The van der Waals surface area contributed by atoms with Crippen molar-refractivity contribution in [3.05, 3.63) is 17.8 Å². The van der Waals surface area contributed by atoms with Crippen molar-refractivity contribution in [1.29, 1.82) is 0 Å². The minimum Gasteiger partial charge on any atom is -0.492 e. The van der Waals surface area contributed by atoms with Gasteiger partial charge in [-0.15, -0.1) is 0 Å². The van der Waals surface area contributed by atoms with E-state index < -0.39 is 0 Å². The quantitative estimate of drug-likeness (QED) is 0.686. The molecule has 1 N–H and O–H groups in total. The first-order chi connectivity index (χ1) is 6.40. The maximum atomic E-state index is 10.2. The third kappa shape index (κ3) is 1.61. The lowest BCUT2D eigenvalue weighted by molar-refractivity contribution is -0.105. The molecule has 2 rings (SSSR count). The molecule has 0 aromatic carbocycles. The molecule has 1 aromatic heterocycles. The largest absolute Gasteiger partial charge is 0.492 e. The van der Waals surface area contributed by atoms with Gasteiger partial charge in [0.25, 0.3) is 0 Å². The summed E-state index contributed by atoms with van der Waals surface area (Å²) in [6.07, 6.45) is 4.29. The number of fused-ring (bicyclic) bond motifs is 1. The van der Waals surface area contributed by atoms with Gasteiger partial charge >= 0.3 is 0 Å². The van der Waals surface area contributed by atoms with Gasteiger partial charge in [0.2, 0.25) is 6.41 Å². The highest BCUT2D eigenvalue weighted by Crippen LogP contribution is 2.25. The summed E-state index contributed by atoms with van der Waals surface area (Å²) in [7, 11) is 0. The monoisotopic (exact) mass is 178 g/mol. The molecule has 1 aliphatic heterocycles. The van der Waals surface area contributed by atoms with E-state index in [0.29, 0.717) is 12.2 Å². The Kier molecular flexibility index (Phi) is 2.12. The molecule has 0 atom stereocenters. The molecule has 0 fully saturated rings. The maximum absolute atomic E-state index is 10.2. The molecule has 1 aliphatic rings. The second-order valence-corrected chi connectivity index (χ2v) is 2.89. The van der Waals surface area contributed by atoms with Gasteiger partial charge in [-0.1, -0.05) is 0 Å². The Balaban J connectivity index is 2.29. The van der Waals surface area contributed by atoms with Gasteiger partial charge in [0.05, 0.1) is 12.8 Å². The summed E-state index contributed by atoms with van der Waals surface area (Å²) in [6, 6.07) is 1.85. The second-order valence-electron chi connectivity index (χ2n) is 2.89. The average Bonchev–Trinajstić information content (AvgIpc) is 2.18. The van der Waals surface area contributed by atoms with Gasteiger partial charge in [0, 0.05) is 0 Å². The van der Waals surface area contributed by atoms with Gasteiger partial charge in [0.15, 0.2) is 0 Å². The van der Waals surface area contributed by atoms with Crippen LogP contribution >= 0.6 is 0 Å². The van der Waals surface area contributed by atoms with Crippen LogP contribution in [0.3, 0.4) is 0 Å². The number of anilines is 1. The Bertz CT molecular complexity index is 325. The SMILES string of the molecule is O=CNc1cc2c(cn1)OCCC2. The van der Waals surface area contributed by atoms with E-state index in [2.05, 4.69) is 10.3 Å². The molecule has 4 nitrogen and oxygen atoms in total. The Morgan fingerprint density at radius 1 is 1.62 bits per heavy atom. The van der Waals surface area contributed by atoms with E-state index >= 15 is 0 Å². The van der Waals surface area contributed by atoms with Crippen LogP contribution in [0.5, 0.6) is 5.75 Å². The molecular weight excluding hydrogens is 168 g/mol. The molecule has 0 bridgehead atoms. The number of nitrogens with one attached hydrogen (secondary N) is 1. The van der Waals surface area contributed by atoms with Crippen molar-refractivity contribution in [2.24, 2.45) is 0 Å². The highest BCUT2D eigenvalue weighted by atomic mass is 16.5. The van der Waals surface area contributed by atoms with Crippen LogP contribution in [-0.4, -0.2) is 18.0 Å². The molecule has 0 spiro atoms. The second kappa shape index (κ2) is 3.43. The maximum Gasteiger partial charge on any atom is 0.212 e. The van der Waals surface area contributed by atoms with Crippen LogP contribution < -0.4 is 10.1 Å². The van der Waals surface area contributed by atoms with Gasteiger partial charge in [-0.2, -0.15) is 0 Å². The van der Waals surface area contributed by atoms with Crippen LogP contribution in [0.2, 0.25) is 0 Å². The predicted molar refractivity (Wildman–Crippen MR) is 47.7 cm³/mol. The van der Waals surface area contributed by atoms with E-state index in [0.717, 1.165) is 30.8 Å². The van der Waals surface area contributed by atoms with Crippen LogP contribution in [0, 0.1) is 0 Å². The van der Waals surface area contributed by atoms with E-state index in [9.17, 15) is 4.79 Å². The number of nitrogens with zero attached hydrogens (tertiary/aromatic N) is 1. The Morgan fingerprint density at radius 3 is 3.38 bits per heavy atom. The zero-order chi connectivity index (χ0) is 9.10. The number of aromatic nitrogens is 1. The summed E-state index contributed by atoms with van der Waals surface area (Å²) in [5.41, 5.74) is 1.12. The zero-order valence-corrected chi connectivity index (χ0v) is 7.12. The third-order valence-corrected chi connectivity index (χ3v) is 2.00. The molecule has 0 unspecified atom stereocenters.